The molecular weight excluding hydrogens is 196 g/mol. The monoisotopic (exact) mass is 216 g/mol. The molecule has 0 saturated heterocycles. The molecule has 2 rings (SSSR count). The molecule has 0 bridgehead atoms. The van der Waals surface area contributed by atoms with E-state index in [0.717, 1.165) is 12.2 Å². The summed E-state index contributed by atoms with van der Waals surface area (Å²) in [4.78, 5) is 0. The minimum Gasteiger partial charge on any atom is -0.399 e. The first-order valence-electron chi connectivity index (χ1n) is 5.80. The molecule has 1 aromatic carbocycles. The molecule has 2 N–H and O–H groups in total. The van der Waals surface area contributed by atoms with Crippen LogP contribution in [-0.4, -0.2) is 4.57 Å². The van der Waals surface area contributed by atoms with Gasteiger partial charge < -0.3 is 10.3 Å². The molecule has 86 valence electrons. The van der Waals surface area contributed by atoms with Gasteiger partial charge in [-0.05, 0) is 36.1 Å². The highest BCUT2D eigenvalue weighted by atomic mass is 14.9. The molecule has 0 aliphatic carbocycles. The molecule has 1 aromatic heterocycles. The highest BCUT2D eigenvalue weighted by Gasteiger charge is 2.10. The normalized spacial score (nSPS) is 12.2. The Morgan fingerprint density at radius 3 is 2.62 bits per heavy atom. The molecule has 0 amide bonds. The molecule has 0 saturated carbocycles. The van der Waals surface area contributed by atoms with Gasteiger partial charge in [0, 0.05) is 29.3 Å². The first-order chi connectivity index (χ1) is 7.46. The van der Waals surface area contributed by atoms with Crippen LogP contribution in [0.15, 0.2) is 30.5 Å². The Hall–Kier alpha value is -1.44. The smallest absolute Gasteiger partial charge is 0.0481 e. The van der Waals surface area contributed by atoms with Crippen LogP contribution in [0.5, 0.6) is 0 Å². The second-order valence-electron chi connectivity index (χ2n) is 5.64. The number of anilines is 1. The maximum absolute atomic E-state index is 5.77. The van der Waals surface area contributed by atoms with E-state index in [0.29, 0.717) is 5.41 Å². The molecule has 0 unspecified atom stereocenters. The fourth-order valence-electron chi connectivity index (χ4n) is 1.87. The quantitative estimate of drug-likeness (QED) is 0.763. The molecule has 0 spiro atoms. The Balaban J connectivity index is 2.25. The Kier molecular flexibility index (Phi) is 2.66. The third kappa shape index (κ3) is 2.38. The zero-order chi connectivity index (χ0) is 11.8. The lowest BCUT2D eigenvalue weighted by Crippen LogP contribution is -2.09. The number of hydrogen-bond donors (Lipinski definition) is 1. The zero-order valence-corrected chi connectivity index (χ0v) is 10.3. The Bertz CT molecular complexity index is 489. The van der Waals surface area contributed by atoms with Crippen molar-refractivity contribution in [3.8, 4) is 0 Å². The fourth-order valence-corrected chi connectivity index (χ4v) is 1.87. The van der Waals surface area contributed by atoms with Crippen LogP contribution >= 0.6 is 0 Å². The summed E-state index contributed by atoms with van der Waals surface area (Å²) in [7, 11) is 0. The summed E-state index contributed by atoms with van der Waals surface area (Å²) < 4.78 is 2.31. The summed E-state index contributed by atoms with van der Waals surface area (Å²) >= 11 is 0. The van der Waals surface area contributed by atoms with Gasteiger partial charge in [-0.1, -0.05) is 20.8 Å². The van der Waals surface area contributed by atoms with E-state index in [1.54, 1.807) is 0 Å². The molecule has 0 aliphatic heterocycles. The standard InChI is InChI=1S/C14H20N2/c1-14(2,3)7-9-16-8-6-11-10-12(15)4-5-13(11)16/h4-6,8,10H,7,9,15H2,1-3H3. The van der Waals surface area contributed by atoms with Gasteiger partial charge in [0.05, 0.1) is 0 Å². The number of aromatic nitrogens is 1. The molecule has 1 heterocycles. The van der Waals surface area contributed by atoms with Crippen LogP contribution < -0.4 is 5.73 Å². The van der Waals surface area contributed by atoms with Crippen molar-refractivity contribution in [3.63, 3.8) is 0 Å². The Labute approximate surface area is 97.1 Å². The summed E-state index contributed by atoms with van der Waals surface area (Å²) in [6, 6.07) is 8.24. The van der Waals surface area contributed by atoms with E-state index in [9.17, 15) is 0 Å². The summed E-state index contributed by atoms with van der Waals surface area (Å²) in [6.07, 6.45) is 3.33. The van der Waals surface area contributed by atoms with Crippen molar-refractivity contribution in [2.45, 2.75) is 33.7 Å². The van der Waals surface area contributed by atoms with Gasteiger partial charge in [0.15, 0.2) is 0 Å². The average molecular weight is 216 g/mol. The lowest BCUT2D eigenvalue weighted by Gasteiger charge is -2.18. The summed E-state index contributed by atoms with van der Waals surface area (Å²) in [5, 5.41) is 1.23. The van der Waals surface area contributed by atoms with Crippen LogP contribution in [0.25, 0.3) is 10.9 Å². The zero-order valence-electron chi connectivity index (χ0n) is 10.3. The molecular formula is C14H20N2. The highest BCUT2D eigenvalue weighted by molar-refractivity contribution is 5.83. The van der Waals surface area contributed by atoms with Gasteiger partial charge in [0.2, 0.25) is 0 Å². The second kappa shape index (κ2) is 3.85. The van der Waals surface area contributed by atoms with Crippen LogP contribution in [-0.2, 0) is 6.54 Å². The molecule has 2 heteroatoms. The van der Waals surface area contributed by atoms with Gasteiger partial charge in [0.1, 0.15) is 0 Å². The predicted molar refractivity (Wildman–Crippen MR) is 70.4 cm³/mol. The van der Waals surface area contributed by atoms with Gasteiger partial charge in [0.25, 0.3) is 0 Å². The lowest BCUT2D eigenvalue weighted by molar-refractivity contribution is 0.353. The number of nitrogens with two attached hydrogens (primary N) is 1. The van der Waals surface area contributed by atoms with Gasteiger partial charge in [-0.2, -0.15) is 0 Å². The summed E-state index contributed by atoms with van der Waals surface area (Å²) in [5.41, 5.74) is 8.26. The van der Waals surface area contributed by atoms with Crippen LogP contribution in [0.3, 0.4) is 0 Å². The van der Waals surface area contributed by atoms with E-state index in [1.807, 2.05) is 12.1 Å². The second-order valence-corrected chi connectivity index (χ2v) is 5.64. The number of hydrogen-bond acceptors (Lipinski definition) is 1. The van der Waals surface area contributed by atoms with Crippen LogP contribution in [0, 0.1) is 5.41 Å². The molecule has 0 aliphatic rings. The van der Waals surface area contributed by atoms with Crippen LogP contribution in [0.2, 0.25) is 0 Å². The first kappa shape index (κ1) is 11.1. The number of benzene rings is 1. The highest BCUT2D eigenvalue weighted by Crippen LogP contribution is 2.23. The van der Waals surface area contributed by atoms with E-state index in [-0.39, 0.29) is 0 Å². The summed E-state index contributed by atoms with van der Waals surface area (Å²) in [6.45, 7) is 7.89. The van der Waals surface area contributed by atoms with Gasteiger partial charge >= 0.3 is 0 Å². The van der Waals surface area contributed by atoms with E-state index in [4.69, 9.17) is 5.73 Å². The number of aryl methyl sites for hydroxylation is 1. The average Bonchev–Trinajstić information content (AvgIpc) is 2.56. The molecule has 0 fully saturated rings. The van der Waals surface area contributed by atoms with Gasteiger partial charge in [-0.15, -0.1) is 0 Å². The SMILES string of the molecule is CC(C)(C)CCn1ccc2cc(N)ccc21. The molecule has 16 heavy (non-hydrogen) atoms. The maximum atomic E-state index is 5.77. The third-order valence-corrected chi connectivity index (χ3v) is 2.90. The number of rotatable bonds is 2. The minimum atomic E-state index is 0.379. The van der Waals surface area contributed by atoms with Gasteiger partial charge in [-0.25, -0.2) is 0 Å². The topological polar surface area (TPSA) is 30.9 Å². The van der Waals surface area contributed by atoms with Gasteiger partial charge in [-0.3, -0.25) is 0 Å². The largest absolute Gasteiger partial charge is 0.399 e. The minimum absolute atomic E-state index is 0.379. The molecule has 2 nitrogen and oxygen atoms in total. The fraction of sp³-hybridized carbons (Fsp3) is 0.429. The van der Waals surface area contributed by atoms with Crippen molar-refractivity contribution in [1.82, 2.24) is 4.57 Å². The predicted octanol–water partition coefficient (Wildman–Crippen LogP) is 3.66. The van der Waals surface area contributed by atoms with Crippen LogP contribution in [0.1, 0.15) is 27.2 Å². The summed E-state index contributed by atoms with van der Waals surface area (Å²) in [5.74, 6) is 0. The van der Waals surface area contributed by atoms with Crippen molar-refractivity contribution >= 4 is 16.6 Å². The maximum Gasteiger partial charge on any atom is 0.0481 e. The van der Waals surface area contributed by atoms with E-state index in [2.05, 4.69) is 43.7 Å². The van der Waals surface area contributed by atoms with E-state index >= 15 is 0 Å². The molecule has 2 aromatic rings. The van der Waals surface area contributed by atoms with Crippen molar-refractivity contribution < 1.29 is 0 Å². The van der Waals surface area contributed by atoms with Crippen molar-refractivity contribution in [2.75, 3.05) is 5.73 Å². The third-order valence-electron chi connectivity index (χ3n) is 2.90. The molecule has 0 radical (unpaired) electrons. The van der Waals surface area contributed by atoms with Crippen LogP contribution in [0.4, 0.5) is 5.69 Å². The van der Waals surface area contributed by atoms with Crippen molar-refractivity contribution in [2.24, 2.45) is 5.41 Å². The van der Waals surface area contributed by atoms with Crippen molar-refractivity contribution in [1.29, 1.82) is 0 Å². The van der Waals surface area contributed by atoms with E-state index in [1.165, 1.54) is 17.3 Å². The Morgan fingerprint density at radius 1 is 1.19 bits per heavy atom. The number of nitrogens with zero attached hydrogens (tertiary/aromatic N) is 1. The Morgan fingerprint density at radius 2 is 1.94 bits per heavy atom. The lowest BCUT2D eigenvalue weighted by atomic mass is 9.92. The molecule has 0 atom stereocenters. The van der Waals surface area contributed by atoms with E-state index < -0.39 is 0 Å². The number of nitrogen functional groups attached to an aromatic ring is 1. The van der Waals surface area contributed by atoms with Crippen molar-refractivity contribution in [3.05, 3.63) is 30.5 Å². The first-order valence-corrected chi connectivity index (χ1v) is 5.80. The number of fused-ring (bicyclic) bond motifs is 1.